The summed E-state index contributed by atoms with van der Waals surface area (Å²) < 4.78 is 87.5. The van der Waals surface area contributed by atoms with Crippen LogP contribution in [0.2, 0.25) is 0 Å². The minimum Gasteiger partial charge on any atom is -0.487 e. The van der Waals surface area contributed by atoms with Gasteiger partial charge >= 0.3 is 18.0 Å². The lowest BCUT2D eigenvalue weighted by atomic mass is 9.86. The molecule has 0 fully saturated rings. The van der Waals surface area contributed by atoms with Gasteiger partial charge in [0.1, 0.15) is 41.5 Å². The molecule has 0 aliphatic carbocycles. The number of ether oxygens (including phenoxy) is 1. The second kappa shape index (κ2) is 11.2. The van der Waals surface area contributed by atoms with E-state index in [9.17, 15) is 36.2 Å². The Morgan fingerprint density at radius 1 is 1.07 bits per heavy atom. The summed E-state index contributed by atoms with van der Waals surface area (Å²) in [6.45, 7) is 1.33. The van der Waals surface area contributed by atoms with E-state index in [1.165, 1.54) is 42.2 Å². The number of alkyl halides is 4. The molecule has 4 rings (SSSR count). The summed E-state index contributed by atoms with van der Waals surface area (Å²) in [6, 6.07) is 6.43. The fourth-order valence-corrected chi connectivity index (χ4v) is 4.01. The van der Waals surface area contributed by atoms with Gasteiger partial charge in [0.15, 0.2) is 6.61 Å². The maximum atomic E-state index is 14.9. The van der Waals surface area contributed by atoms with E-state index in [4.69, 9.17) is 4.74 Å². The third kappa shape index (κ3) is 5.73. The lowest BCUT2D eigenvalue weighted by Gasteiger charge is -2.34. The van der Waals surface area contributed by atoms with Crippen LogP contribution >= 0.6 is 0 Å². The molecule has 0 radical (unpaired) electrons. The first-order valence-electron chi connectivity index (χ1n) is 12.0. The van der Waals surface area contributed by atoms with Crippen molar-refractivity contribution in [3.05, 3.63) is 88.6 Å². The number of hydrogen-bond acceptors (Lipinski definition) is 6. The number of benzene rings is 2. The maximum Gasteiger partial charge on any atom is 0.350 e. The van der Waals surface area contributed by atoms with E-state index in [1.807, 2.05) is 6.92 Å². The van der Waals surface area contributed by atoms with Gasteiger partial charge in [-0.1, -0.05) is 13.0 Å². The second-order valence-corrected chi connectivity index (χ2v) is 9.01. The van der Waals surface area contributed by atoms with Crippen molar-refractivity contribution in [2.75, 3.05) is 6.61 Å². The lowest BCUT2D eigenvalue weighted by Crippen LogP contribution is -2.44. The molecule has 2 aromatic carbocycles. The highest BCUT2D eigenvalue weighted by Crippen LogP contribution is 2.36. The number of nitrogens with zero attached hydrogens (tertiary/aromatic N) is 6. The van der Waals surface area contributed by atoms with Crippen molar-refractivity contribution in [1.29, 1.82) is 0 Å². The van der Waals surface area contributed by atoms with E-state index in [-0.39, 0.29) is 23.5 Å². The van der Waals surface area contributed by atoms with Crippen molar-refractivity contribution in [3.8, 4) is 11.4 Å². The summed E-state index contributed by atoms with van der Waals surface area (Å²) in [5.74, 6) is -5.93. The molecule has 0 saturated carbocycles. The van der Waals surface area contributed by atoms with Crippen LogP contribution in [-0.4, -0.2) is 53.2 Å². The topological polar surface area (TPSA) is 100.0 Å². The number of hydrogen-bond donors (Lipinski definition) is 1. The van der Waals surface area contributed by atoms with Crippen molar-refractivity contribution in [2.24, 2.45) is 0 Å². The van der Waals surface area contributed by atoms with Crippen LogP contribution in [0.5, 0.6) is 5.75 Å². The zero-order valence-corrected chi connectivity index (χ0v) is 21.2. The Hall–Kier alpha value is -4.14. The molecule has 15 heteroatoms. The zero-order chi connectivity index (χ0) is 29.2. The normalized spacial score (nSPS) is 14.3. The van der Waals surface area contributed by atoms with Crippen LogP contribution in [0.4, 0.5) is 26.3 Å². The number of rotatable bonds is 11. The minimum absolute atomic E-state index is 0.140. The van der Waals surface area contributed by atoms with E-state index >= 15 is 0 Å². The molecular formula is C25H24F6N6O3. The quantitative estimate of drug-likeness (QED) is 0.275. The van der Waals surface area contributed by atoms with Gasteiger partial charge in [-0.05, 0) is 37.3 Å². The molecular weight excluding hydrogens is 546 g/mol. The predicted octanol–water partition coefficient (Wildman–Crippen LogP) is 3.89. The summed E-state index contributed by atoms with van der Waals surface area (Å²) in [5.41, 5.74) is -3.03. The van der Waals surface area contributed by atoms with Gasteiger partial charge in [-0.25, -0.2) is 41.3 Å². The van der Waals surface area contributed by atoms with Crippen LogP contribution in [0.15, 0.2) is 59.9 Å². The lowest BCUT2D eigenvalue weighted by molar-refractivity contribution is -0.148. The van der Waals surface area contributed by atoms with Crippen molar-refractivity contribution in [1.82, 2.24) is 29.1 Å². The molecule has 214 valence electrons. The summed E-state index contributed by atoms with van der Waals surface area (Å²) >= 11 is 0. The summed E-state index contributed by atoms with van der Waals surface area (Å²) in [5, 5.41) is 20.1. The minimum atomic E-state index is -4.34. The van der Waals surface area contributed by atoms with Gasteiger partial charge < -0.3 is 9.84 Å². The molecule has 0 saturated heterocycles. The van der Waals surface area contributed by atoms with Crippen molar-refractivity contribution >= 4 is 0 Å². The van der Waals surface area contributed by atoms with E-state index in [0.717, 1.165) is 27.7 Å². The van der Waals surface area contributed by atoms with Crippen LogP contribution in [0, 0.1) is 11.6 Å². The summed E-state index contributed by atoms with van der Waals surface area (Å²) in [7, 11) is 0. The fraction of sp³-hybridized carbons (Fsp3) is 0.360. The first-order valence-corrected chi connectivity index (χ1v) is 12.0. The van der Waals surface area contributed by atoms with Gasteiger partial charge in [0, 0.05) is 18.1 Å². The molecule has 9 nitrogen and oxygen atoms in total. The van der Waals surface area contributed by atoms with Crippen molar-refractivity contribution in [3.63, 3.8) is 0 Å². The smallest absolute Gasteiger partial charge is 0.350 e. The maximum absolute atomic E-state index is 14.9. The molecule has 0 bridgehead atoms. The molecule has 0 amide bonds. The highest BCUT2D eigenvalue weighted by Gasteiger charge is 2.43. The Morgan fingerprint density at radius 3 is 2.38 bits per heavy atom. The average Bonchev–Trinajstić information content (AvgIpc) is 3.53. The van der Waals surface area contributed by atoms with E-state index < -0.39 is 47.9 Å². The first-order chi connectivity index (χ1) is 18.9. The van der Waals surface area contributed by atoms with Crippen molar-refractivity contribution in [2.45, 2.75) is 50.8 Å². The Bertz CT molecular complexity index is 1520. The van der Waals surface area contributed by atoms with Gasteiger partial charge in [-0.2, -0.15) is 19.0 Å². The van der Waals surface area contributed by atoms with Crippen LogP contribution < -0.4 is 10.4 Å². The summed E-state index contributed by atoms with van der Waals surface area (Å²) in [6.07, 6.45) is -0.946. The second-order valence-electron chi connectivity index (χ2n) is 9.01. The molecule has 1 N–H and O–H groups in total. The number of aryl methyl sites for hydroxylation is 1. The Morgan fingerprint density at radius 2 is 1.77 bits per heavy atom. The summed E-state index contributed by atoms with van der Waals surface area (Å²) in [4.78, 5) is 17.4. The Labute approximate surface area is 223 Å². The molecule has 2 heterocycles. The van der Waals surface area contributed by atoms with Crippen LogP contribution in [0.3, 0.4) is 0 Å². The third-order valence-corrected chi connectivity index (χ3v) is 6.32. The average molecular weight is 570 g/mol. The van der Waals surface area contributed by atoms with E-state index in [0.29, 0.717) is 18.3 Å². The monoisotopic (exact) mass is 570 g/mol. The van der Waals surface area contributed by atoms with Gasteiger partial charge in [-0.15, -0.1) is 0 Å². The number of aliphatic hydroxyl groups is 1. The van der Waals surface area contributed by atoms with Crippen LogP contribution in [0.1, 0.15) is 31.3 Å². The third-order valence-electron chi connectivity index (χ3n) is 6.32. The number of aromatic nitrogens is 6. The van der Waals surface area contributed by atoms with Gasteiger partial charge in [0.05, 0.1) is 18.3 Å². The molecule has 0 aliphatic rings. The van der Waals surface area contributed by atoms with Crippen LogP contribution in [0.25, 0.3) is 5.69 Å². The molecule has 2 aromatic heterocycles. The Balaban J connectivity index is 1.65. The largest absolute Gasteiger partial charge is 0.487 e. The van der Waals surface area contributed by atoms with Crippen LogP contribution in [-0.2, 0) is 18.6 Å². The standard InChI is InChI=1S/C25H24F6N6O3/c1-3-21-32-13-35(34-21)11-24(39,19-9-4-16(26)10-20(19)27)15(2)37-23(38)36(14-33-37)17-5-7-18(8-6-17)40-12-25(30,31)22(28)29/h4-10,13-15,22,39H,3,11-12H2,1-2H3/t15-,24-/m1/s1. The van der Waals surface area contributed by atoms with E-state index in [2.05, 4.69) is 15.2 Å². The zero-order valence-electron chi connectivity index (χ0n) is 21.2. The van der Waals surface area contributed by atoms with Gasteiger partial charge in [0.2, 0.25) is 0 Å². The molecule has 2 atom stereocenters. The van der Waals surface area contributed by atoms with Crippen molar-refractivity contribution < 1.29 is 36.2 Å². The first kappa shape index (κ1) is 28.9. The highest BCUT2D eigenvalue weighted by atomic mass is 19.3. The SMILES string of the molecule is CCc1ncn(C[C@](O)(c2ccc(F)cc2F)[C@@H](C)n2ncn(-c3ccc(OCC(F)(F)C(F)F)cc3)c2=O)n1. The number of halogens is 6. The molecule has 40 heavy (non-hydrogen) atoms. The molecule has 4 aromatic rings. The van der Waals surface area contributed by atoms with E-state index in [1.54, 1.807) is 0 Å². The van der Waals surface area contributed by atoms with Gasteiger partial charge in [0.25, 0.3) is 0 Å². The predicted molar refractivity (Wildman–Crippen MR) is 129 cm³/mol. The Kier molecular flexibility index (Phi) is 8.05. The van der Waals surface area contributed by atoms with Gasteiger partial charge in [-0.3, -0.25) is 0 Å². The fourth-order valence-electron chi connectivity index (χ4n) is 4.01. The molecule has 0 aliphatic heterocycles. The molecule has 0 unspecified atom stereocenters. The molecule has 0 spiro atoms. The highest BCUT2D eigenvalue weighted by molar-refractivity contribution is 5.37.